The molecule has 1 aromatic carbocycles. The average Bonchev–Trinajstić information content (AvgIpc) is 2.88. The molecule has 20 heavy (non-hydrogen) atoms. The first-order valence-corrected chi connectivity index (χ1v) is 5.97. The molecule has 0 aliphatic rings. The maximum Gasteiger partial charge on any atom is 0.177 e. The zero-order valence-electron chi connectivity index (χ0n) is 11.1. The summed E-state index contributed by atoms with van der Waals surface area (Å²) in [4.78, 5) is 3.90. The van der Waals surface area contributed by atoms with Crippen LogP contribution in [0.2, 0.25) is 0 Å². The molecule has 0 amide bonds. The van der Waals surface area contributed by atoms with Gasteiger partial charge in [0.1, 0.15) is 24.3 Å². The fraction of sp³-hybridized carbons (Fsp3) is 0.214. The highest BCUT2D eigenvalue weighted by Gasteiger charge is 2.17. The van der Waals surface area contributed by atoms with Gasteiger partial charge in [0.25, 0.3) is 0 Å². The quantitative estimate of drug-likeness (QED) is 0.924. The molecule has 0 fully saturated rings. The van der Waals surface area contributed by atoms with Gasteiger partial charge in [0, 0.05) is 6.04 Å². The minimum atomic E-state index is -0.357. The van der Waals surface area contributed by atoms with Crippen molar-refractivity contribution in [2.75, 3.05) is 7.05 Å². The summed E-state index contributed by atoms with van der Waals surface area (Å²) >= 11 is 0. The van der Waals surface area contributed by atoms with E-state index in [9.17, 15) is 9.65 Å². The molecule has 0 spiro atoms. The first kappa shape index (κ1) is 13.7. The zero-order valence-corrected chi connectivity index (χ0v) is 11.1. The molecule has 1 atom stereocenters. The van der Waals surface area contributed by atoms with E-state index in [4.69, 9.17) is 5.26 Å². The summed E-state index contributed by atoms with van der Waals surface area (Å²) in [7, 11) is 1.76. The van der Waals surface area contributed by atoms with Gasteiger partial charge in [-0.1, -0.05) is 0 Å². The SMILES string of the molecule is CNC(C)c1cc(F)ccc1-n1cnc(C#N)c1C#N. The molecule has 100 valence electrons. The van der Waals surface area contributed by atoms with Crippen molar-refractivity contribution in [1.29, 1.82) is 10.5 Å². The Hall–Kier alpha value is -2.70. The summed E-state index contributed by atoms with van der Waals surface area (Å²) < 4.78 is 14.9. The number of halogens is 1. The maximum absolute atomic E-state index is 13.4. The third-order valence-corrected chi connectivity index (χ3v) is 3.13. The van der Waals surface area contributed by atoms with Gasteiger partial charge in [-0.2, -0.15) is 10.5 Å². The Morgan fingerprint density at radius 3 is 2.70 bits per heavy atom. The molecule has 0 aliphatic carbocycles. The Morgan fingerprint density at radius 2 is 2.10 bits per heavy atom. The van der Waals surface area contributed by atoms with Crippen LogP contribution in [-0.4, -0.2) is 16.6 Å². The van der Waals surface area contributed by atoms with Crippen molar-refractivity contribution in [1.82, 2.24) is 14.9 Å². The van der Waals surface area contributed by atoms with Gasteiger partial charge in [-0.25, -0.2) is 9.37 Å². The molecule has 1 heterocycles. The van der Waals surface area contributed by atoms with E-state index in [-0.39, 0.29) is 23.2 Å². The number of imidazole rings is 1. The lowest BCUT2D eigenvalue weighted by atomic mass is 10.1. The molecule has 1 unspecified atom stereocenters. The van der Waals surface area contributed by atoms with Crippen molar-refractivity contribution in [3.8, 4) is 17.8 Å². The molecule has 0 saturated carbocycles. The molecule has 6 heteroatoms. The van der Waals surface area contributed by atoms with E-state index in [2.05, 4.69) is 10.3 Å². The van der Waals surface area contributed by atoms with Crippen molar-refractivity contribution in [2.45, 2.75) is 13.0 Å². The number of hydrogen-bond acceptors (Lipinski definition) is 4. The Kier molecular flexibility index (Phi) is 3.79. The number of benzene rings is 1. The third-order valence-electron chi connectivity index (χ3n) is 3.13. The molecule has 1 N–H and O–H groups in total. The normalized spacial score (nSPS) is 11.7. The van der Waals surface area contributed by atoms with Gasteiger partial charge in [-0.15, -0.1) is 0 Å². The lowest BCUT2D eigenvalue weighted by Gasteiger charge is -2.17. The van der Waals surface area contributed by atoms with Crippen molar-refractivity contribution < 1.29 is 4.39 Å². The molecule has 0 bridgehead atoms. The van der Waals surface area contributed by atoms with Crippen LogP contribution in [0.15, 0.2) is 24.5 Å². The first-order chi connectivity index (χ1) is 9.62. The largest absolute Gasteiger partial charge is 0.313 e. The number of hydrogen-bond donors (Lipinski definition) is 1. The fourth-order valence-corrected chi connectivity index (χ4v) is 1.97. The summed E-state index contributed by atoms with van der Waals surface area (Å²) in [6.07, 6.45) is 1.40. The smallest absolute Gasteiger partial charge is 0.177 e. The second-order valence-corrected chi connectivity index (χ2v) is 4.25. The summed E-state index contributed by atoms with van der Waals surface area (Å²) in [6.45, 7) is 1.88. The summed E-state index contributed by atoms with van der Waals surface area (Å²) in [6, 6.07) is 8.00. The lowest BCUT2D eigenvalue weighted by Crippen LogP contribution is -2.15. The van der Waals surface area contributed by atoms with E-state index in [0.29, 0.717) is 11.3 Å². The van der Waals surface area contributed by atoms with Crippen LogP contribution in [0.25, 0.3) is 5.69 Å². The van der Waals surface area contributed by atoms with Crippen LogP contribution < -0.4 is 5.32 Å². The van der Waals surface area contributed by atoms with Crippen LogP contribution in [0.4, 0.5) is 4.39 Å². The molecule has 0 aliphatic heterocycles. The Balaban J connectivity index is 2.68. The van der Waals surface area contributed by atoms with Gasteiger partial charge in [0.15, 0.2) is 11.4 Å². The predicted octanol–water partition coefficient (Wildman–Crippen LogP) is 2.04. The van der Waals surface area contributed by atoms with E-state index in [0.717, 1.165) is 0 Å². The van der Waals surface area contributed by atoms with Crippen LogP contribution >= 0.6 is 0 Å². The molecular formula is C14H12FN5. The van der Waals surface area contributed by atoms with Crippen LogP contribution in [0.3, 0.4) is 0 Å². The topological polar surface area (TPSA) is 77.4 Å². The van der Waals surface area contributed by atoms with Gasteiger partial charge in [0.05, 0.1) is 5.69 Å². The van der Waals surface area contributed by atoms with Crippen molar-refractivity contribution in [3.63, 3.8) is 0 Å². The van der Waals surface area contributed by atoms with Gasteiger partial charge >= 0.3 is 0 Å². The van der Waals surface area contributed by atoms with E-state index in [1.165, 1.54) is 23.0 Å². The molecular weight excluding hydrogens is 257 g/mol. The molecule has 0 saturated heterocycles. The fourth-order valence-electron chi connectivity index (χ4n) is 1.97. The Morgan fingerprint density at radius 1 is 1.35 bits per heavy atom. The number of nitriles is 2. The number of rotatable bonds is 3. The van der Waals surface area contributed by atoms with Crippen molar-refractivity contribution in [3.05, 3.63) is 47.3 Å². The van der Waals surface area contributed by atoms with Crippen LogP contribution in [0.5, 0.6) is 0 Å². The highest BCUT2D eigenvalue weighted by molar-refractivity contribution is 5.49. The molecule has 5 nitrogen and oxygen atoms in total. The van der Waals surface area contributed by atoms with Gasteiger partial charge in [-0.3, -0.25) is 4.57 Å². The Labute approximate surface area is 115 Å². The average molecular weight is 269 g/mol. The first-order valence-electron chi connectivity index (χ1n) is 5.97. The molecule has 2 aromatic rings. The van der Waals surface area contributed by atoms with Crippen LogP contribution in [0.1, 0.15) is 29.9 Å². The molecule has 1 aromatic heterocycles. The lowest BCUT2D eigenvalue weighted by molar-refractivity contribution is 0.606. The van der Waals surface area contributed by atoms with Crippen LogP contribution in [0, 0.1) is 28.5 Å². The Bertz CT molecular complexity index is 720. The monoisotopic (exact) mass is 269 g/mol. The van der Waals surface area contributed by atoms with Crippen molar-refractivity contribution >= 4 is 0 Å². The summed E-state index contributed by atoms with van der Waals surface area (Å²) in [5.74, 6) is -0.357. The van der Waals surface area contributed by atoms with Gasteiger partial charge < -0.3 is 5.32 Å². The number of nitrogens with zero attached hydrogens (tertiary/aromatic N) is 4. The second kappa shape index (κ2) is 5.52. The van der Waals surface area contributed by atoms with E-state index in [1.54, 1.807) is 13.1 Å². The standard InChI is InChI=1S/C14H12FN5/c1-9(18-2)11-5-10(15)3-4-13(11)20-8-19-12(6-16)14(20)7-17/h3-5,8-9,18H,1-2H3. The van der Waals surface area contributed by atoms with Crippen molar-refractivity contribution in [2.24, 2.45) is 0 Å². The van der Waals surface area contributed by atoms with Gasteiger partial charge in [-0.05, 0) is 37.7 Å². The van der Waals surface area contributed by atoms with E-state index >= 15 is 0 Å². The highest BCUT2D eigenvalue weighted by atomic mass is 19.1. The molecule has 2 rings (SSSR count). The maximum atomic E-state index is 13.4. The number of aromatic nitrogens is 2. The van der Waals surface area contributed by atoms with E-state index in [1.807, 2.05) is 19.1 Å². The van der Waals surface area contributed by atoms with Gasteiger partial charge in [0.2, 0.25) is 0 Å². The third kappa shape index (κ3) is 2.25. The minimum absolute atomic E-state index is 0.0554. The van der Waals surface area contributed by atoms with E-state index < -0.39 is 0 Å². The zero-order chi connectivity index (χ0) is 14.7. The second-order valence-electron chi connectivity index (χ2n) is 4.25. The van der Waals surface area contributed by atoms with Crippen LogP contribution in [-0.2, 0) is 0 Å². The highest BCUT2D eigenvalue weighted by Crippen LogP contribution is 2.24. The predicted molar refractivity (Wildman–Crippen MR) is 70.4 cm³/mol. The molecule has 0 radical (unpaired) electrons. The summed E-state index contributed by atoms with van der Waals surface area (Å²) in [5.41, 5.74) is 1.51. The number of nitrogens with one attached hydrogen (secondary N) is 1. The summed E-state index contributed by atoms with van der Waals surface area (Å²) in [5, 5.41) is 21.1. The minimum Gasteiger partial charge on any atom is -0.313 e.